The van der Waals surface area contributed by atoms with E-state index in [0.717, 1.165) is 24.8 Å². The summed E-state index contributed by atoms with van der Waals surface area (Å²) in [5.41, 5.74) is 0.812. The van der Waals surface area contributed by atoms with E-state index in [2.05, 4.69) is 10.6 Å². The van der Waals surface area contributed by atoms with E-state index >= 15 is 0 Å². The third-order valence-corrected chi connectivity index (χ3v) is 4.83. The molecule has 0 bridgehead atoms. The highest BCUT2D eigenvalue weighted by Crippen LogP contribution is 2.45. The lowest BCUT2D eigenvalue weighted by Gasteiger charge is -2.40. The smallest absolute Gasteiger partial charge is 0.235 e. The number of halogens is 2. The number of hydrogen-bond donors (Lipinski definition) is 2. The second-order valence-corrected chi connectivity index (χ2v) is 6.71. The molecule has 1 fully saturated rings. The molecule has 0 aromatic heterocycles. The Balaban J connectivity index is 1.83. The topological polar surface area (TPSA) is 58.2 Å². The summed E-state index contributed by atoms with van der Waals surface area (Å²) >= 11 is 5.94. The second-order valence-electron chi connectivity index (χ2n) is 6.27. The zero-order valence-corrected chi connectivity index (χ0v) is 14.5. The summed E-state index contributed by atoms with van der Waals surface area (Å²) in [4.78, 5) is 24.0. The van der Waals surface area contributed by atoms with Crippen molar-refractivity contribution in [2.45, 2.75) is 31.6 Å². The highest BCUT2D eigenvalue weighted by molar-refractivity contribution is 6.30. The Hall–Kier alpha value is -2.40. The van der Waals surface area contributed by atoms with Gasteiger partial charge in [-0.3, -0.25) is 9.59 Å². The van der Waals surface area contributed by atoms with Gasteiger partial charge in [0, 0.05) is 17.6 Å². The quantitative estimate of drug-likeness (QED) is 0.843. The van der Waals surface area contributed by atoms with Gasteiger partial charge in [-0.15, -0.1) is 0 Å². The molecule has 0 heterocycles. The van der Waals surface area contributed by atoms with Crippen LogP contribution >= 0.6 is 11.6 Å². The van der Waals surface area contributed by atoms with Crippen LogP contribution in [-0.2, 0) is 15.0 Å². The van der Waals surface area contributed by atoms with Crippen LogP contribution in [0.4, 0.5) is 15.8 Å². The van der Waals surface area contributed by atoms with E-state index in [1.54, 1.807) is 12.1 Å². The summed E-state index contributed by atoms with van der Waals surface area (Å²) in [5, 5.41) is 5.88. The minimum atomic E-state index is -0.590. The van der Waals surface area contributed by atoms with Crippen LogP contribution in [0.2, 0.25) is 5.02 Å². The highest BCUT2D eigenvalue weighted by Gasteiger charge is 2.45. The van der Waals surface area contributed by atoms with Gasteiger partial charge in [0.25, 0.3) is 0 Å². The molecule has 0 radical (unpaired) electrons. The molecule has 2 aromatic carbocycles. The lowest BCUT2D eigenvalue weighted by Crippen LogP contribution is -2.46. The molecule has 2 aromatic rings. The van der Waals surface area contributed by atoms with E-state index in [0.29, 0.717) is 10.7 Å². The van der Waals surface area contributed by atoms with Crippen LogP contribution in [0, 0.1) is 5.82 Å². The first kappa shape index (κ1) is 17.4. The van der Waals surface area contributed by atoms with Crippen LogP contribution in [0.5, 0.6) is 0 Å². The molecular formula is C19H18ClFN2O2. The molecule has 25 heavy (non-hydrogen) atoms. The molecule has 1 aliphatic rings. The van der Waals surface area contributed by atoms with Gasteiger partial charge in [-0.25, -0.2) is 4.39 Å². The van der Waals surface area contributed by atoms with Crippen molar-refractivity contribution in [2.24, 2.45) is 0 Å². The lowest BCUT2D eigenvalue weighted by molar-refractivity contribution is -0.124. The third-order valence-electron chi connectivity index (χ3n) is 4.57. The van der Waals surface area contributed by atoms with Gasteiger partial charge in [-0.1, -0.05) is 30.2 Å². The summed E-state index contributed by atoms with van der Waals surface area (Å²) in [7, 11) is 0. The standard InChI is InChI=1S/C19H18ClFN2O2/c1-12(24)22-17-11-15(7-8-16(17)21)23-18(25)19(9-2-10-19)13-3-5-14(20)6-4-13/h3-8,11H,2,9-10H2,1H3,(H,22,24)(H,23,25). The van der Waals surface area contributed by atoms with E-state index in [1.165, 1.54) is 25.1 Å². The van der Waals surface area contributed by atoms with Crippen molar-refractivity contribution >= 4 is 34.8 Å². The van der Waals surface area contributed by atoms with Gasteiger partial charge in [0.1, 0.15) is 5.82 Å². The molecule has 0 saturated heterocycles. The molecule has 2 N–H and O–H groups in total. The van der Waals surface area contributed by atoms with Gasteiger partial charge in [-0.2, -0.15) is 0 Å². The van der Waals surface area contributed by atoms with Crippen LogP contribution in [0.3, 0.4) is 0 Å². The highest BCUT2D eigenvalue weighted by atomic mass is 35.5. The minimum absolute atomic E-state index is 0.0412. The Morgan fingerprint density at radius 1 is 1.08 bits per heavy atom. The number of rotatable bonds is 4. The number of benzene rings is 2. The number of carbonyl (C=O) groups excluding carboxylic acids is 2. The predicted molar refractivity (Wildman–Crippen MR) is 96.3 cm³/mol. The van der Waals surface area contributed by atoms with Crippen LogP contribution in [0.1, 0.15) is 31.7 Å². The normalized spacial score (nSPS) is 15.2. The SMILES string of the molecule is CC(=O)Nc1cc(NC(=O)C2(c3ccc(Cl)cc3)CCC2)ccc1F. The first-order valence-corrected chi connectivity index (χ1v) is 8.43. The fourth-order valence-electron chi connectivity index (χ4n) is 3.09. The molecule has 0 aliphatic heterocycles. The summed E-state index contributed by atoms with van der Waals surface area (Å²) in [6.07, 6.45) is 2.47. The van der Waals surface area contributed by atoms with Crippen LogP contribution in [0.15, 0.2) is 42.5 Å². The van der Waals surface area contributed by atoms with Crippen LogP contribution in [0.25, 0.3) is 0 Å². The molecule has 0 unspecified atom stereocenters. The summed E-state index contributed by atoms with van der Waals surface area (Å²) < 4.78 is 13.7. The van der Waals surface area contributed by atoms with Crippen molar-refractivity contribution in [3.8, 4) is 0 Å². The van der Waals surface area contributed by atoms with E-state index in [4.69, 9.17) is 11.6 Å². The summed E-state index contributed by atoms with van der Waals surface area (Å²) in [6, 6.07) is 11.4. The zero-order chi connectivity index (χ0) is 18.0. The monoisotopic (exact) mass is 360 g/mol. The lowest BCUT2D eigenvalue weighted by atomic mass is 9.64. The van der Waals surface area contributed by atoms with Gasteiger partial charge >= 0.3 is 0 Å². The molecule has 1 saturated carbocycles. The van der Waals surface area contributed by atoms with Gasteiger partial charge < -0.3 is 10.6 Å². The van der Waals surface area contributed by atoms with Crippen LogP contribution in [-0.4, -0.2) is 11.8 Å². The number of carbonyl (C=O) groups is 2. The van der Waals surface area contributed by atoms with E-state index in [1.807, 2.05) is 12.1 Å². The molecule has 2 amide bonds. The molecule has 0 spiro atoms. The predicted octanol–water partition coefficient (Wildman–Crippen LogP) is 4.50. The van der Waals surface area contributed by atoms with Crippen molar-refractivity contribution in [3.63, 3.8) is 0 Å². The number of nitrogens with one attached hydrogen (secondary N) is 2. The fourth-order valence-corrected chi connectivity index (χ4v) is 3.21. The van der Waals surface area contributed by atoms with Crippen molar-refractivity contribution in [1.82, 2.24) is 0 Å². The largest absolute Gasteiger partial charge is 0.325 e. The Morgan fingerprint density at radius 2 is 1.76 bits per heavy atom. The maximum absolute atomic E-state index is 13.7. The van der Waals surface area contributed by atoms with Gasteiger partial charge in [-0.05, 0) is 48.7 Å². The summed E-state index contributed by atoms with van der Waals surface area (Å²) in [5.74, 6) is -1.07. The number of hydrogen-bond acceptors (Lipinski definition) is 2. The zero-order valence-electron chi connectivity index (χ0n) is 13.7. The average Bonchev–Trinajstić information content (AvgIpc) is 2.51. The van der Waals surface area contributed by atoms with E-state index in [-0.39, 0.29) is 17.5 Å². The average molecular weight is 361 g/mol. The molecule has 6 heteroatoms. The Labute approximate surface area is 150 Å². The van der Waals surface area contributed by atoms with Crippen LogP contribution < -0.4 is 10.6 Å². The summed E-state index contributed by atoms with van der Waals surface area (Å²) in [6.45, 7) is 1.30. The first-order valence-electron chi connectivity index (χ1n) is 8.05. The minimum Gasteiger partial charge on any atom is -0.325 e. The van der Waals surface area contributed by atoms with Gasteiger partial charge in [0.2, 0.25) is 11.8 Å². The fraction of sp³-hybridized carbons (Fsp3) is 0.263. The molecule has 130 valence electrons. The molecule has 4 nitrogen and oxygen atoms in total. The van der Waals surface area contributed by atoms with Crippen molar-refractivity contribution in [3.05, 3.63) is 58.9 Å². The maximum Gasteiger partial charge on any atom is 0.235 e. The number of anilines is 2. The molecule has 0 atom stereocenters. The first-order chi connectivity index (χ1) is 11.9. The molecular weight excluding hydrogens is 343 g/mol. The van der Waals surface area contributed by atoms with Crippen molar-refractivity contribution in [1.29, 1.82) is 0 Å². The Morgan fingerprint density at radius 3 is 2.32 bits per heavy atom. The van der Waals surface area contributed by atoms with Gasteiger partial charge in [0.05, 0.1) is 11.1 Å². The van der Waals surface area contributed by atoms with E-state index < -0.39 is 11.2 Å². The third kappa shape index (κ3) is 3.51. The Bertz CT molecular complexity index is 817. The van der Waals surface area contributed by atoms with Gasteiger partial charge in [0.15, 0.2) is 0 Å². The Kier molecular flexibility index (Phi) is 4.77. The number of amides is 2. The van der Waals surface area contributed by atoms with E-state index in [9.17, 15) is 14.0 Å². The van der Waals surface area contributed by atoms with Crippen molar-refractivity contribution < 1.29 is 14.0 Å². The molecule has 1 aliphatic carbocycles. The van der Waals surface area contributed by atoms with Crippen molar-refractivity contribution in [2.75, 3.05) is 10.6 Å². The molecule has 3 rings (SSSR count). The second kappa shape index (κ2) is 6.84. The maximum atomic E-state index is 13.7.